The second kappa shape index (κ2) is 6.99. The van der Waals surface area contributed by atoms with Crippen molar-refractivity contribution < 1.29 is 14.5 Å². The number of carbonyl (C=O) groups excluding carboxylic acids is 1. The Balaban J connectivity index is 2.06. The van der Waals surface area contributed by atoms with Gasteiger partial charge in [0.05, 0.1) is 22.8 Å². The number of hydrogen-bond acceptors (Lipinski definition) is 6. The van der Waals surface area contributed by atoms with E-state index in [0.717, 1.165) is 4.88 Å². The molecule has 25 heavy (non-hydrogen) atoms. The van der Waals surface area contributed by atoms with E-state index in [1.165, 1.54) is 48.0 Å². The fourth-order valence-electron chi connectivity index (χ4n) is 2.27. The fraction of sp³-hybridized carbons (Fsp3) is 0.125. The molecule has 0 saturated heterocycles. The SMILES string of the molecule is COc1cc([N+](=O)[O-])cc2sc(=NC(=O)C=Cc3cccs3)n(C)c12. The molecule has 1 aromatic carbocycles. The molecule has 3 aromatic rings. The number of fused-ring (bicyclic) bond motifs is 1. The van der Waals surface area contributed by atoms with E-state index < -0.39 is 10.8 Å². The van der Waals surface area contributed by atoms with Crippen LogP contribution in [0.5, 0.6) is 5.75 Å². The first-order valence-corrected chi connectivity index (χ1v) is 8.81. The highest BCUT2D eigenvalue weighted by atomic mass is 32.1. The number of methoxy groups -OCH3 is 1. The molecule has 0 unspecified atom stereocenters. The summed E-state index contributed by atoms with van der Waals surface area (Å²) in [7, 11) is 3.18. The van der Waals surface area contributed by atoms with Gasteiger partial charge in [-0.25, -0.2) is 0 Å². The van der Waals surface area contributed by atoms with Crippen molar-refractivity contribution in [1.82, 2.24) is 4.57 Å². The monoisotopic (exact) mass is 375 g/mol. The van der Waals surface area contributed by atoms with Crippen LogP contribution in [0.3, 0.4) is 0 Å². The largest absolute Gasteiger partial charge is 0.494 e. The number of rotatable bonds is 4. The summed E-state index contributed by atoms with van der Waals surface area (Å²) in [6.45, 7) is 0. The molecule has 7 nitrogen and oxygen atoms in total. The van der Waals surface area contributed by atoms with Crippen LogP contribution in [0.2, 0.25) is 0 Å². The molecule has 0 N–H and O–H groups in total. The minimum atomic E-state index is -0.479. The molecule has 0 aliphatic carbocycles. The van der Waals surface area contributed by atoms with Crippen molar-refractivity contribution in [2.24, 2.45) is 12.0 Å². The average Bonchev–Trinajstić information content (AvgIpc) is 3.21. The number of amides is 1. The molecule has 0 bridgehead atoms. The Bertz CT molecular complexity index is 1050. The zero-order chi connectivity index (χ0) is 18.0. The molecule has 0 atom stereocenters. The number of ether oxygens (including phenoxy) is 1. The van der Waals surface area contributed by atoms with Gasteiger partial charge in [0.15, 0.2) is 10.6 Å². The van der Waals surface area contributed by atoms with Crippen LogP contribution in [0.1, 0.15) is 4.88 Å². The topological polar surface area (TPSA) is 86.7 Å². The van der Waals surface area contributed by atoms with Crippen molar-refractivity contribution in [3.8, 4) is 5.75 Å². The van der Waals surface area contributed by atoms with Gasteiger partial charge < -0.3 is 9.30 Å². The van der Waals surface area contributed by atoms with Crippen LogP contribution in [0.15, 0.2) is 40.7 Å². The summed E-state index contributed by atoms with van der Waals surface area (Å²) in [5, 5.41) is 13.0. The van der Waals surface area contributed by atoms with Crippen LogP contribution >= 0.6 is 22.7 Å². The molecular formula is C16H13N3O4S2. The first-order valence-electron chi connectivity index (χ1n) is 7.12. The lowest BCUT2D eigenvalue weighted by Crippen LogP contribution is -2.12. The van der Waals surface area contributed by atoms with E-state index in [0.29, 0.717) is 20.8 Å². The number of thiophene rings is 1. The molecule has 9 heteroatoms. The van der Waals surface area contributed by atoms with Crippen LogP contribution in [0.4, 0.5) is 5.69 Å². The highest BCUT2D eigenvalue weighted by Gasteiger charge is 2.16. The van der Waals surface area contributed by atoms with Crippen molar-refractivity contribution in [2.75, 3.05) is 7.11 Å². The van der Waals surface area contributed by atoms with Gasteiger partial charge in [-0.3, -0.25) is 14.9 Å². The van der Waals surface area contributed by atoms with Gasteiger partial charge in [-0.05, 0) is 17.5 Å². The maximum absolute atomic E-state index is 12.1. The number of benzene rings is 1. The van der Waals surface area contributed by atoms with E-state index in [2.05, 4.69) is 4.99 Å². The number of aromatic nitrogens is 1. The predicted octanol–water partition coefficient (Wildman–Crippen LogP) is 3.36. The van der Waals surface area contributed by atoms with E-state index >= 15 is 0 Å². The summed E-state index contributed by atoms with van der Waals surface area (Å²) < 4.78 is 7.58. The zero-order valence-electron chi connectivity index (χ0n) is 13.3. The van der Waals surface area contributed by atoms with Gasteiger partial charge in [0, 0.05) is 24.1 Å². The number of thiazole rings is 1. The van der Waals surface area contributed by atoms with E-state index in [1.54, 1.807) is 17.7 Å². The molecule has 1 amide bonds. The Hall–Kier alpha value is -2.78. The average molecular weight is 375 g/mol. The lowest BCUT2D eigenvalue weighted by molar-refractivity contribution is -0.384. The second-order valence-corrected chi connectivity index (χ2v) is 6.98. The predicted molar refractivity (Wildman–Crippen MR) is 97.9 cm³/mol. The number of hydrogen-bond donors (Lipinski definition) is 0. The number of nitro benzene ring substituents is 1. The summed E-state index contributed by atoms with van der Waals surface area (Å²) in [6, 6.07) is 6.61. The van der Waals surface area contributed by atoms with Gasteiger partial charge >= 0.3 is 0 Å². The van der Waals surface area contributed by atoms with Crippen LogP contribution in [-0.4, -0.2) is 22.5 Å². The van der Waals surface area contributed by atoms with E-state index in [-0.39, 0.29) is 5.69 Å². The van der Waals surface area contributed by atoms with E-state index in [9.17, 15) is 14.9 Å². The molecule has 0 radical (unpaired) electrons. The third kappa shape index (κ3) is 3.52. The Labute approximate surface area is 150 Å². The number of nitrogens with zero attached hydrogens (tertiary/aromatic N) is 3. The van der Waals surface area contributed by atoms with Gasteiger partial charge in [0.1, 0.15) is 5.52 Å². The lowest BCUT2D eigenvalue weighted by atomic mass is 10.2. The molecular weight excluding hydrogens is 362 g/mol. The Morgan fingerprint density at radius 1 is 1.44 bits per heavy atom. The third-order valence-electron chi connectivity index (χ3n) is 3.42. The zero-order valence-corrected chi connectivity index (χ0v) is 15.0. The van der Waals surface area contributed by atoms with Crippen molar-refractivity contribution in [3.63, 3.8) is 0 Å². The van der Waals surface area contributed by atoms with Crippen LogP contribution in [0.25, 0.3) is 16.3 Å². The fourth-order valence-corrected chi connectivity index (χ4v) is 3.96. The molecule has 0 spiro atoms. The molecule has 2 aromatic heterocycles. The molecule has 0 fully saturated rings. The summed E-state index contributed by atoms with van der Waals surface area (Å²) in [6.07, 6.45) is 3.10. The van der Waals surface area contributed by atoms with Crippen molar-refractivity contribution in [1.29, 1.82) is 0 Å². The van der Waals surface area contributed by atoms with Gasteiger partial charge in [0.2, 0.25) is 0 Å². The first kappa shape index (κ1) is 17.1. The van der Waals surface area contributed by atoms with Gasteiger partial charge in [0.25, 0.3) is 11.6 Å². The Morgan fingerprint density at radius 3 is 2.88 bits per heavy atom. The molecule has 0 aliphatic heterocycles. The summed E-state index contributed by atoms with van der Waals surface area (Å²) in [5.41, 5.74) is 0.591. The van der Waals surface area contributed by atoms with Gasteiger partial charge in [-0.2, -0.15) is 4.99 Å². The number of carbonyl (C=O) groups is 1. The molecule has 0 aliphatic rings. The summed E-state index contributed by atoms with van der Waals surface area (Å²) in [4.78, 5) is 28.1. The van der Waals surface area contributed by atoms with Gasteiger partial charge in [-0.1, -0.05) is 17.4 Å². The Kier molecular flexibility index (Phi) is 4.77. The number of aryl methyl sites for hydroxylation is 1. The van der Waals surface area contributed by atoms with Crippen LogP contribution in [0, 0.1) is 10.1 Å². The smallest absolute Gasteiger partial charge is 0.274 e. The van der Waals surface area contributed by atoms with Crippen molar-refractivity contribution in [3.05, 3.63) is 55.5 Å². The maximum atomic E-state index is 12.1. The molecule has 0 saturated carbocycles. The standard InChI is InChI=1S/C16H13N3O4S2/c1-18-15-12(23-2)8-10(19(21)22)9-13(15)25-16(18)17-14(20)6-5-11-4-3-7-24-11/h3-9H,1-2H3. The second-order valence-electron chi connectivity index (χ2n) is 4.99. The van der Waals surface area contributed by atoms with Gasteiger partial charge in [-0.15, -0.1) is 11.3 Å². The first-order chi connectivity index (χ1) is 12.0. The van der Waals surface area contributed by atoms with Crippen molar-refractivity contribution in [2.45, 2.75) is 0 Å². The third-order valence-corrected chi connectivity index (χ3v) is 5.33. The summed E-state index contributed by atoms with van der Waals surface area (Å²) in [5.74, 6) is -0.0324. The normalized spacial score (nSPS) is 12.2. The Morgan fingerprint density at radius 2 is 2.24 bits per heavy atom. The van der Waals surface area contributed by atoms with E-state index in [4.69, 9.17) is 4.74 Å². The summed E-state index contributed by atoms with van der Waals surface area (Å²) >= 11 is 2.72. The molecule has 3 rings (SSSR count). The van der Waals surface area contributed by atoms with Crippen LogP contribution < -0.4 is 9.54 Å². The lowest BCUT2D eigenvalue weighted by Gasteiger charge is -2.03. The van der Waals surface area contributed by atoms with Crippen molar-refractivity contribution >= 4 is 50.6 Å². The highest BCUT2D eigenvalue weighted by Crippen LogP contribution is 2.32. The minimum absolute atomic E-state index is 0.0679. The number of non-ortho nitro benzene ring substituents is 1. The molecule has 2 heterocycles. The van der Waals surface area contributed by atoms with E-state index in [1.807, 2.05) is 17.5 Å². The minimum Gasteiger partial charge on any atom is -0.494 e. The highest BCUT2D eigenvalue weighted by molar-refractivity contribution is 7.16. The maximum Gasteiger partial charge on any atom is 0.274 e. The van der Waals surface area contributed by atoms with Crippen LogP contribution in [-0.2, 0) is 11.8 Å². The number of nitro groups is 1. The molecule has 128 valence electrons. The quantitative estimate of drug-likeness (QED) is 0.397.